The number of carbonyl (C=O) groups excluding carboxylic acids is 1. The number of ether oxygens (including phenoxy) is 2. The van der Waals surface area contributed by atoms with Gasteiger partial charge in [0, 0.05) is 5.69 Å². The van der Waals surface area contributed by atoms with Crippen molar-refractivity contribution in [2.75, 3.05) is 12.3 Å². The molecule has 0 aliphatic heterocycles. The highest BCUT2D eigenvalue weighted by Gasteiger charge is 2.21. The largest absolute Gasteiger partial charge is 0.479 e. The fourth-order valence-corrected chi connectivity index (χ4v) is 1.48. The predicted octanol–water partition coefficient (Wildman–Crippen LogP) is 1.69. The summed E-state index contributed by atoms with van der Waals surface area (Å²) >= 11 is 0. The van der Waals surface area contributed by atoms with Gasteiger partial charge in [-0.05, 0) is 31.5 Å². The summed E-state index contributed by atoms with van der Waals surface area (Å²) in [6.07, 6.45) is -0.737. The van der Waals surface area contributed by atoms with E-state index in [0.29, 0.717) is 5.69 Å². The number of rotatable bonds is 6. The van der Waals surface area contributed by atoms with Crippen LogP contribution in [0.15, 0.2) is 18.2 Å². The second kappa shape index (κ2) is 6.63. The van der Waals surface area contributed by atoms with Gasteiger partial charge in [-0.25, -0.2) is 9.59 Å². The van der Waals surface area contributed by atoms with Crippen molar-refractivity contribution in [3.63, 3.8) is 0 Å². The summed E-state index contributed by atoms with van der Waals surface area (Å²) in [6.45, 7) is 3.57. The molecular formula is C13H17NO5. The van der Waals surface area contributed by atoms with E-state index in [1.54, 1.807) is 13.8 Å². The second-order valence-corrected chi connectivity index (χ2v) is 3.83. The van der Waals surface area contributed by atoms with Crippen LogP contribution in [0, 0.1) is 0 Å². The average molecular weight is 267 g/mol. The molecule has 0 aromatic heterocycles. The zero-order chi connectivity index (χ0) is 14.4. The third-order valence-electron chi connectivity index (χ3n) is 2.41. The molecule has 1 atom stereocenters. The maximum Gasteiger partial charge on any atom is 0.344 e. The summed E-state index contributed by atoms with van der Waals surface area (Å²) in [5.74, 6) is -1.53. The van der Waals surface area contributed by atoms with Gasteiger partial charge in [-0.3, -0.25) is 0 Å². The fraction of sp³-hybridized carbons (Fsp3) is 0.385. The number of nitrogens with two attached hydrogens (primary N) is 1. The van der Waals surface area contributed by atoms with Crippen LogP contribution in [0.1, 0.15) is 30.6 Å². The van der Waals surface area contributed by atoms with Crippen molar-refractivity contribution in [2.24, 2.45) is 0 Å². The van der Waals surface area contributed by atoms with E-state index in [1.165, 1.54) is 18.2 Å². The Kier molecular flexibility index (Phi) is 5.17. The van der Waals surface area contributed by atoms with Crippen LogP contribution in [0.25, 0.3) is 0 Å². The number of carbonyl (C=O) groups is 2. The Morgan fingerprint density at radius 1 is 1.37 bits per heavy atom. The molecule has 0 saturated heterocycles. The topological polar surface area (TPSA) is 98.9 Å². The minimum Gasteiger partial charge on any atom is -0.479 e. The number of hydrogen-bond donors (Lipinski definition) is 2. The number of esters is 1. The molecule has 1 aromatic carbocycles. The van der Waals surface area contributed by atoms with Gasteiger partial charge in [0.2, 0.25) is 0 Å². The number of hydrogen-bond acceptors (Lipinski definition) is 5. The van der Waals surface area contributed by atoms with Crippen molar-refractivity contribution in [2.45, 2.75) is 26.4 Å². The summed E-state index contributed by atoms with van der Waals surface area (Å²) in [4.78, 5) is 22.7. The first-order valence-corrected chi connectivity index (χ1v) is 5.95. The molecule has 0 radical (unpaired) electrons. The quantitative estimate of drug-likeness (QED) is 0.601. The highest BCUT2D eigenvalue weighted by Crippen LogP contribution is 2.24. The molecule has 19 heavy (non-hydrogen) atoms. The van der Waals surface area contributed by atoms with Gasteiger partial charge in [0.05, 0.1) is 6.61 Å². The molecule has 0 heterocycles. The SMILES string of the molecule is CCOC(=O)c1cc(N)ccc1OC(CC)C(=O)O. The van der Waals surface area contributed by atoms with Crippen LogP contribution >= 0.6 is 0 Å². The zero-order valence-corrected chi connectivity index (χ0v) is 10.9. The normalized spacial score (nSPS) is 11.7. The van der Waals surface area contributed by atoms with E-state index in [-0.39, 0.29) is 24.3 Å². The monoisotopic (exact) mass is 267 g/mol. The lowest BCUT2D eigenvalue weighted by Crippen LogP contribution is -2.26. The number of benzene rings is 1. The third kappa shape index (κ3) is 3.87. The fourth-order valence-electron chi connectivity index (χ4n) is 1.48. The van der Waals surface area contributed by atoms with Gasteiger partial charge in [-0.1, -0.05) is 6.92 Å². The maximum absolute atomic E-state index is 11.8. The van der Waals surface area contributed by atoms with Crippen molar-refractivity contribution in [3.05, 3.63) is 23.8 Å². The molecule has 3 N–H and O–H groups in total. The molecular weight excluding hydrogens is 250 g/mol. The number of nitrogen functional groups attached to an aromatic ring is 1. The summed E-state index contributed by atoms with van der Waals surface area (Å²) in [5, 5.41) is 8.96. The van der Waals surface area contributed by atoms with Crippen molar-refractivity contribution in [1.29, 1.82) is 0 Å². The van der Waals surface area contributed by atoms with Gasteiger partial charge in [0.25, 0.3) is 0 Å². The van der Waals surface area contributed by atoms with Crippen molar-refractivity contribution in [3.8, 4) is 5.75 Å². The second-order valence-electron chi connectivity index (χ2n) is 3.83. The van der Waals surface area contributed by atoms with Crippen LogP contribution in [0.2, 0.25) is 0 Å². The lowest BCUT2D eigenvalue weighted by molar-refractivity contribution is -0.145. The number of aliphatic carboxylic acids is 1. The molecule has 104 valence electrons. The zero-order valence-electron chi connectivity index (χ0n) is 10.9. The molecule has 1 aromatic rings. The molecule has 6 heteroatoms. The summed E-state index contributed by atoms with van der Waals surface area (Å²) in [7, 11) is 0. The Bertz CT molecular complexity index is 472. The van der Waals surface area contributed by atoms with Crippen LogP contribution in [0.4, 0.5) is 5.69 Å². The first-order chi connectivity index (χ1) is 8.99. The highest BCUT2D eigenvalue weighted by molar-refractivity contribution is 5.93. The third-order valence-corrected chi connectivity index (χ3v) is 2.41. The molecule has 0 fully saturated rings. The summed E-state index contributed by atoms with van der Waals surface area (Å²) in [5.41, 5.74) is 6.11. The van der Waals surface area contributed by atoms with Crippen LogP contribution < -0.4 is 10.5 Å². The number of carboxylic acids is 1. The molecule has 1 unspecified atom stereocenters. The lowest BCUT2D eigenvalue weighted by Gasteiger charge is -2.16. The van der Waals surface area contributed by atoms with E-state index in [9.17, 15) is 9.59 Å². The van der Waals surface area contributed by atoms with E-state index < -0.39 is 18.0 Å². The summed E-state index contributed by atoms with van der Waals surface area (Å²) < 4.78 is 10.2. The Morgan fingerprint density at radius 2 is 2.05 bits per heavy atom. The van der Waals surface area contributed by atoms with Gasteiger partial charge in [0.1, 0.15) is 11.3 Å². The van der Waals surface area contributed by atoms with Crippen LogP contribution in [-0.2, 0) is 9.53 Å². The van der Waals surface area contributed by atoms with E-state index >= 15 is 0 Å². The Labute approximate surface area is 111 Å². The Hall–Kier alpha value is -2.24. The number of carboxylic acid groups (broad SMARTS) is 1. The van der Waals surface area contributed by atoms with Crippen molar-refractivity contribution in [1.82, 2.24) is 0 Å². The molecule has 0 aliphatic carbocycles. The van der Waals surface area contributed by atoms with Crippen LogP contribution in [0.3, 0.4) is 0 Å². The smallest absolute Gasteiger partial charge is 0.344 e. The molecule has 0 saturated carbocycles. The molecule has 6 nitrogen and oxygen atoms in total. The molecule has 0 aliphatic rings. The lowest BCUT2D eigenvalue weighted by atomic mass is 10.1. The predicted molar refractivity (Wildman–Crippen MR) is 69.2 cm³/mol. The Morgan fingerprint density at radius 3 is 2.58 bits per heavy atom. The molecule has 0 spiro atoms. The van der Waals surface area contributed by atoms with E-state index in [2.05, 4.69) is 0 Å². The number of anilines is 1. The van der Waals surface area contributed by atoms with Gasteiger partial charge in [0.15, 0.2) is 6.10 Å². The van der Waals surface area contributed by atoms with Crippen molar-refractivity contribution < 1.29 is 24.2 Å². The summed E-state index contributed by atoms with van der Waals surface area (Å²) in [6, 6.07) is 4.40. The molecule has 0 bridgehead atoms. The van der Waals surface area contributed by atoms with Crippen LogP contribution in [-0.4, -0.2) is 29.8 Å². The van der Waals surface area contributed by atoms with Gasteiger partial charge < -0.3 is 20.3 Å². The molecule has 1 rings (SSSR count). The molecule has 0 amide bonds. The van der Waals surface area contributed by atoms with Crippen LogP contribution in [0.5, 0.6) is 5.75 Å². The minimum atomic E-state index is -1.09. The first-order valence-electron chi connectivity index (χ1n) is 5.95. The van der Waals surface area contributed by atoms with E-state index in [4.69, 9.17) is 20.3 Å². The van der Waals surface area contributed by atoms with Gasteiger partial charge in [-0.15, -0.1) is 0 Å². The minimum absolute atomic E-state index is 0.126. The average Bonchev–Trinajstić information content (AvgIpc) is 2.37. The standard InChI is InChI=1S/C13H17NO5/c1-3-10(12(15)16)19-11-6-5-8(14)7-9(11)13(17)18-4-2/h5-7,10H,3-4,14H2,1-2H3,(H,15,16). The first kappa shape index (κ1) is 14.8. The van der Waals surface area contributed by atoms with Gasteiger partial charge in [-0.2, -0.15) is 0 Å². The van der Waals surface area contributed by atoms with Gasteiger partial charge >= 0.3 is 11.9 Å². The van der Waals surface area contributed by atoms with Crippen molar-refractivity contribution >= 4 is 17.6 Å². The Balaban J connectivity index is 3.05. The van der Waals surface area contributed by atoms with E-state index in [0.717, 1.165) is 0 Å². The highest BCUT2D eigenvalue weighted by atomic mass is 16.5. The maximum atomic E-state index is 11.8. The van der Waals surface area contributed by atoms with E-state index in [1.807, 2.05) is 0 Å².